The number of anilines is 1. The van der Waals surface area contributed by atoms with Crippen molar-refractivity contribution < 1.29 is 0 Å². The largest absolute Gasteiger partial charge is 0.371 e. The van der Waals surface area contributed by atoms with E-state index in [1.165, 1.54) is 22.1 Å². The molecule has 2 nitrogen and oxygen atoms in total. The van der Waals surface area contributed by atoms with E-state index in [1.54, 1.807) is 0 Å². The highest BCUT2D eigenvalue weighted by molar-refractivity contribution is 9.10. The van der Waals surface area contributed by atoms with Crippen molar-refractivity contribution in [2.45, 2.75) is 53.6 Å². The van der Waals surface area contributed by atoms with Gasteiger partial charge in [-0.05, 0) is 43.0 Å². The Bertz CT molecular complexity index is 423. The zero-order valence-corrected chi connectivity index (χ0v) is 15.3. The van der Waals surface area contributed by atoms with E-state index in [2.05, 4.69) is 86.0 Å². The van der Waals surface area contributed by atoms with E-state index in [9.17, 15) is 0 Å². The Hall–Kier alpha value is -0.540. The third kappa shape index (κ3) is 4.78. The van der Waals surface area contributed by atoms with Gasteiger partial charge in [-0.3, -0.25) is 0 Å². The molecule has 20 heavy (non-hydrogen) atoms. The van der Waals surface area contributed by atoms with Crippen molar-refractivity contribution >= 4 is 21.6 Å². The molecule has 0 radical (unpaired) electrons. The van der Waals surface area contributed by atoms with Crippen molar-refractivity contribution in [2.24, 2.45) is 5.41 Å². The maximum absolute atomic E-state index is 3.70. The van der Waals surface area contributed by atoms with E-state index in [-0.39, 0.29) is 5.41 Å². The van der Waals surface area contributed by atoms with E-state index in [1.807, 2.05) is 0 Å². The predicted molar refractivity (Wildman–Crippen MR) is 93.5 cm³/mol. The molecular formula is C17H29BrN2. The lowest BCUT2D eigenvalue weighted by atomic mass is 9.87. The molecule has 0 aliphatic rings. The van der Waals surface area contributed by atoms with E-state index in [0.717, 1.165) is 13.1 Å². The zero-order chi connectivity index (χ0) is 15.3. The van der Waals surface area contributed by atoms with E-state index < -0.39 is 0 Å². The van der Waals surface area contributed by atoms with Gasteiger partial charge in [0, 0.05) is 29.8 Å². The first-order valence-electron chi connectivity index (χ1n) is 7.49. The summed E-state index contributed by atoms with van der Waals surface area (Å²) in [5.74, 6) is 0. The predicted octanol–water partition coefficient (Wildman–Crippen LogP) is 4.82. The summed E-state index contributed by atoms with van der Waals surface area (Å²) in [6, 6.07) is 7.15. The monoisotopic (exact) mass is 340 g/mol. The van der Waals surface area contributed by atoms with Gasteiger partial charge in [0.25, 0.3) is 0 Å². The number of nitrogens with one attached hydrogen (secondary N) is 1. The molecule has 0 heterocycles. The Balaban J connectivity index is 2.81. The zero-order valence-electron chi connectivity index (χ0n) is 13.8. The second-order valence-corrected chi connectivity index (χ2v) is 7.46. The average molecular weight is 341 g/mol. The molecule has 1 N–H and O–H groups in total. The summed E-state index contributed by atoms with van der Waals surface area (Å²) in [7, 11) is 2.17. The van der Waals surface area contributed by atoms with Crippen LogP contribution in [0.25, 0.3) is 0 Å². The molecule has 3 heteroatoms. The van der Waals surface area contributed by atoms with Crippen LogP contribution in [-0.2, 0) is 6.54 Å². The molecule has 0 saturated heterocycles. The van der Waals surface area contributed by atoms with Crippen LogP contribution >= 0.6 is 15.9 Å². The fraction of sp³-hybridized carbons (Fsp3) is 0.647. The average Bonchev–Trinajstić information content (AvgIpc) is 2.38. The maximum atomic E-state index is 3.70. The van der Waals surface area contributed by atoms with Crippen molar-refractivity contribution in [3.05, 3.63) is 28.2 Å². The summed E-state index contributed by atoms with van der Waals surface area (Å²) in [5, 5.41) is 3.44. The highest BCUT2D eigenvalue weighted by atomic mass is 79.9. The molecule has 0 aliphatic carbocycles. The minimum atomic E-state index is 0.266. The van der Waals surface area contributed by atoms with Crippen molar-refractivity contribution in [3.63, 3.8) is 0 Å². The molecule has 0 spiro atoms. The normalized spacial score (nSPS) is 13.3. The van der Waals surface area contributed by atoms with Crippen molar-refractivity contribution in [2.75, 3.05) is 18.5 Å². The van der Waals surface area contributed by atoms with Gasteiger partial charge in [0.15, 0.2) is 0 Å². The Morgan fingerprint density at radius 2 is 1.95 bits per heavy atom. The maximum Gasteiger partial charge on any atom is 0.0377 e. The topological polar surface area (TPSA) is 15.3 Å². The molecule has 0 amide bonds. The molecule has 0 fully saturated rings. The lowest BCUT2D eigenvalue weighted by Gasteiger charge is -2.37. The number of nitrogens with zero attached hydrogens (tertiary/aromatic N) is 1. The second kappa shape index (κ2) is 7.46. The smallest absolute Gasteiger partial charge is 0.0377 e. The summed E-state index contributed by atoms with van der Waals surface area (Å²) in [4.78, 5) is 2.36. The first-order valence-corrected chi connectivity index (χ1v) is 8.28. The quantitative estimate of drug-likeness (QED) is 0.746. The summed E-state index contributed by atoms with van der Waals surface area (Å²) in [6.07, 6.45) is 1.17. The van der Waals surface area contributed by atoms with Gasteiger partial charge in [0.05, 0.1) is 0 Å². The molecule has 0 bridgehead atoms. The van der Waals surface area contributed by atoms with Crippen LogP contribution < -0.4 is 10.2 Å². The van der Waals surface area contributed by atoms with Crippen molar-refractivity contribution in [3.8, 4) is 0 Å². The first-order chi connectivity index (χ1) is 9.27. The lowest BCUT2D eigenvalue weighted by molar-refractivity contribution is 0.330. The number of halogens is 1. The van der Waals surface area contributed by atoms with Gasteiger partial charge in [-0.15, -0.1) is 0 Å². The summed E-state index contributed by atoms with van der Waals surface area (Å²) < 4.78 is 1.19. The molecule has 1 aromatic rings. The SMILES string of the molecule is CCCNCc1ccc(N(C)C(C)C(C)(C)C)cc1Br. The van der Waals surface area contributed by atoms with Crippen LogP contribution in [0, 0.1) is 5.41 Å². The van der Waals surface area contributed by atoms with Gasteiger partial charge in [0.2, 0.25) is 0 Å². The molecule has 1 atom stereocenters. The summed E-state index contributed by atoms with van der Waals surface area (Å²) in [6.45, 7) is 13.3. The number of benzene rings is 1. The van der Waals surface area contributed by atoms with Crippen LogP contribution in [0.2, 0.25) is 0 Å². The van der Waals surface area contributed by atoms with E-state index in [4.69, 9.17) is 0 Å². The third-order valence-electron chi connectivity index (χ3n) is 4.02. The minimum absolute atomic E-state index is 0.266. The first kappa shape index (κ1) is 17.5. The van der Waals surface area contributed by atoms with Crippen LogP contribution in [0.5, 0.6) is 0 Å². The molecule has 1 aromatic carbocycles. The van der Waals surface area contributed by atoms with Gasteiger partial charge in [-0.2, -0.15) is 0 Å². The van der Waals surface area contributed by atoms with Crippen LogP contribution in [0.3, 0.4) is 0 Å². The Morgan fingerprint density at radius 3 is 2.45 bits per heavy atom. The molecule has 0 saturated carbocycles. The van der Waals surface area contributed by atoms with E-state index >= 15 is 0 Å². The van der Waals surface area contributed by atoms with Crippen LogP contribution in [-0.4, -0.2) is 19.6 Å². The molecule has 0 aliphatic heterocycles. The molecular weight excluding hydrogens is 312 g/mol. The van der Waals surface area contributed by atoms with Crippen molar-refractivity contribution in [1.82, 2.24) is 5.32 Å². The van der Waals surface area contributed by atoms with Gasteiger partial charge in [-0.1, -0.05) is 49.7 Å². The van der Waals surface area contributed by atoms with Gasteiger partial charge >= 0.3 is 0 Å². The summed E-state index contributed by atoms with van der Waals surface area (Å²) >= 11 is 3.70. The van der Waals surface area contributed by atoms with E-state index in [0.29, 0.717) is 6.04 Å². The van der Waals surface area contributed by atoms with Crippen molar-refractivity contribution in [1.29, 1.82) is 0 Å². The third-order valence-corrected chi connectivity index (χ3v) is 4.76. The lowest BCUT2D eigenvalue weighted by Crippen LogP contribution is -2.39. The molecule has 114 valence electrons. The molecule has 0 aromatic heterocycles. The Kier molecular flexibility index (Phi) is 6.53. The van der Waals surface area contributed by atoms with Gasteiger partial charge in [-0.25, -0.2) is 0 Å². The fourth-order valence-corrected chi connectivity index (χ4v) is 2.61. The standard InChI is InChI=1S/C17H29BrN2/c1-7-10-19-12-14-8-9-15(11-16(14)18)20(6)13(2)17(3,4)5/h8-9,11,13,19H,7,10,12H2,1-6H3. The number of hydrogen-bond acceptors (Lipinski definition) is 2. The molecule has 1 rings (SSSR count). The fourth-order valence-electron chi connectivity index (χ4n) is 2.10. The number of rotatable bonds is 6. The van der Waals surface area contributed by atoms with Crippen LogP contribution in [0.1, 0.15) is 46.6 Å². The summed E-state index contributed by atoms with van der Waals surface area (Å²) in [5.41, 5.74) is 2.85. The Labute approximate surface area is 133 Å². The molecule has 1 unspecified atom stereocenters. The van der Waals surface area contributed by atoms with Crippen LogP contribution in [0.15, 0.2) is 22.7 Å². The minimum Gasteiger partial charge on any atom is -0.371 e. The Morgan fingerprint density at radius 1 is 1.30 bits per heavy atom. The highest BCUT2D eigenvalue weighted by Crippen LogP contribution is 2.30. The van der Waals surface area contributed by atoms with Crippen LogP contribution in [0.4, 0.5) is 5.69 Å². The number of hydrogen-bond donors (Lipinski definition) is 1. The van der Waals surface area contributed by atoms with Gasteiger partial charge in [0.1, 0.15) is 0 Å². The second-order valence-electron chi connectivity index (χ2n) is 6.61. The van der Waals surface area contributed by atoms with Gasteiger partial charge < -0.3 is 10.2 Å². The highest BCUT2D eigenvalue weighted by Gasteiger charge is 2.24.